The number of nitrogens with zero attached hydrogens (tertiary/aromatic N) is 1. The highest BCUT2D eigenvalue weighted by Crippen LogP contribution is 2.40. The first kappa shape index (κ1) is 19.3. The number of hydrogen-bond acceptors (Lipinski definition) is 6. The number of primary amides is 1. The second kappa shape index (κ2) is 8.92. The third-order valence-electron chi connectivity index (χ3n) is 3.69. The number of thioether (sulfide) groups is 1. The van der Waals surface area contributed by atoms with E-state index in [2.05, 4.69) is 18.0 Å². The van der Waals surface area contributed by atoms with Gasteiger partial charge in [-0.05, 0) is 12.5 Å². The Kier molecular flexibility index (Phi) is 6.64. The number of esters is 1. The summed E-state index contributed by atoms with van der Waals surface area (Å²) in [7, 11) is 0. The van der Waals surface area contributed by atoms with Gasteiger partial charge in [-0.15, -0.1) is 0 Å². The van der Waals surface area contributed by atoms with Gasteiger partial charge in [-0.3, -0.25) is 4.79 Å². The van der Waals surface area contributed by atoms with Gasteiger partial charge in [0.15, 0.2) is 0 Å². The molecule has 1 aliphatic rings. The van der Waals surface area contributed by atoms with E-state index in [9.17, 15) is 14.9 Å². The number of carbonyl (C=O) groups excluding carboxylic acids is 2. The van der Waals surface area contributed by atoms with Gasteiger partial charge in [0.2, 0.25) is 5.91 Å². The molecule has 6 nitrogen and oxygen atoms in total. The molecule has 0 aromatic heterocycles. The molecular formula is C19H19N3O3S. The standard InChI is InChI=1S/C19H19N3O3S/c1-3-9-25-19(24)16-12(2)22-18(26-11-15(21)23)14(10-20)17(16)13-7-5-4-6-8-13/h3-8,17,22H,1,9,11H2,2H3,(H2,21,23). The summed E-state index contributed by atoms with van der Waals surface area (Å²) in [6.45, 7) is 5.35. The zero-order valence-electron chi connectivity index (χ0n) is 14.3. The van der Waals surface area contributed by atoms with Gasteiger partial charge in [0.25, 0.3) is 0 Å². The molecule has 0 radical (unpaired) electrons. The van der Waals surface area contributed by atoms with E-state index in [4.69, 9.17) is 10.5 Å². The van der Waals surface area contributed by atoms with Gasteiger partial charge in [0, 0.05) is 5.70 Å². The highest BCUT2D eigenvalue weighted by molar-refractivity contribution is 8.03. The van der Waals surface area contributed by atoms with Gasteiger partial charge in [-0.1, -0.05) is 54.7 Å². The Labute approximate surface area is 156 Å². The molecule has 134 valence electrons. The van der Waals surface area contributed by atoms with Crippen LogP contribution in [0, 0.1) is 11.3 Å². The number of amides is 1. The summed E-state index contributed by atoms with van der Waals surface area (Å²) in [6, 6.07) is 11.4. The van der Waals surface area contributed by atoms with Crippen molar-refractivity contribution in [3.05, 3.63) is 70.4 Å². The van der Waals surface area contributed by atoms with Crippen LogP contribution < -0.4 is 11.1 Å². The molecule has 1 aromatic rings. The number of nitriles is 1. The maximum Gasteiger partial charge on any atom is 0.337 e. The quantitative estimate of drug-likeness (QED) is 0.564. The van der Waals surface area contributed by atoms with Crippen LogP contribution in [0.4, 0.5) is 0 Å². The van der Waals surface area contributed by atoms with Crippen LogP contribution in [0.2, 0.25) is 0 Å². The molecule has 1 atom stereocenters. The van der Waals surface area contributed by atoms with Crippen molar-refractivity contribution in [3.8, 4) is 6.07 Å². The average molecular weight is 369 g/mol. The number of nitrogens with one attached hydrogen (secondary N) is 1. The number of nitrogens with two attached hydrogens (primary N) is 1. The van der Waals surface area contributed by atoms with Crippen LogP contribution in [-0.4, -0.2) is 24.2 Å². The van der Waals surface area contributed by atoms with Crippen molar-refractivity contribution in [2.45, 2.75) is 12.8 Å². The Morgan fingerprint density at radius 1 is 1.42 bits per heavy atom. The van der Waals surface area contributed by atoms with Gasteiger partial charge in [-0.25, -0.2) is 4.79 Å². The molecule has 26 heavy (non-hydrogen) atoms. The number of carbonyl (C=O) groups is 2. The number of dihydropyridines is 1. The van der Waals surface area contributed by atoms with Crippen LogP contribution in [0.5, 0.6) is 0 Å². The molecule has 1 aliphatic heterocycles. The molecule has 0 fully saturated rings. The third-order valence-corrected chi connectivity index (χ3v) is 4.73. The molecule has 0 bridgehead atoms. The summed E-state index contributed by atoms with van der Waals surface area (Å²) < 4.78 is 5.21. The maximum atomic E-state index is 12.6. The van der Waals surface area contributed by atoms with Crippen molar-refractivity contribution in [2.24, 2.45) is 5.73 Å². The zero-order chi connectivity index (χ0) is 19.1. The van der Waals surface area contributed by atoms with E-state index in [1.807, 2.05) is 30.3 Å². The van der Waals surface area contributed by atoms with Gasteiger partial charge in [0.1, 0.15) is 6.61 Å². The first-order chi connectivity index (χ1) is 12.5. The molecule has 1 aromatic carbocycles. The minimum atomic E-state index is -0.588. The number of hydrogen-bond donors (Lipinski definition) is 2. The molecule has 0 aliphatic carbocycles. The largest absolute Gasteiger partial charge is 0.458 e. The van der Waals surface area contributed by atoms with Gasteiger partial charge in [-0.2, -0.15) is 5.26 Å². The molecule has 3 N–H and O–H groups in total. The summed E-state index contributed by atoms with van der Waals surface area (Å²) in [5.74, 6) is -1.57. The summed E-state index contributed by atoms with van der Waals surface area (Å²) >= 11 is 1.14. The van der Waals surface area contributed by atoms with Crippen molar-refractivity contribution in [2.75, 3.05) is 12.4 Å². The van der Waals surface area contributed by atoms with Crippen LogP contribution in [-0.2, 0) is 14.3 Å². The van der Waals surface area contributed by atoms with Gasteiger partial charge < -0.3 is 15.8 Å². The summed E-state index contributed by atoms with van der Waals surface area (Å²) in [4.78, 5) is 23.7. The number of allylic oxidation sites excluding steroid dienone is 2. The molecule has 0 saturated heterocycles. The van der Waals surface area contributed by atoms with Gasteiger partial charge >= 0.3 is 5.97 Å². The van der Waals surface area contributed by atoms with E-state index >= 15 is 0 Å². The molecule has 0 saturated carbocycles. The number of rotatable bonds is 7. The lowest BCUT2D eigenvalue weighted by molar-refractivity contribution is -0.138. The van der Waals surface area contributed by atoms with Crippen molar-refractivity contribution in [1.29, 1.82) is 5.26 Å². The van der Waals surface area contributed by atoms with Crippen LogP contribution >= 0.6 is 11.8 Å². The van der Waals surface area contributed by atoms with Crippen molar-refractivity contribution < 1.29 is 14.3 Å². The second-order valence-corrected chi connectivity index (χ2v) is 6.49. The minimum absolute atomic E-state index is 0.0263. The Balaban J connectivity index is 2.53. The Morgan fingerprint density at radius 3 is 2.69 bits per heavy atom. The van der Waals surface area contributed by atoms with Gasteiger partial charge in [0.05, 0.1) is 33.9 Å². The maximum absolute atomic E-state index is 12.6. The molecule has 1 heterocycles. The van der Waals surface area contributed by atoms with E-state index in [0.717, 1.165) is 17.3 Å². The lowest BCUT2D eigenvalue weighted by Gasteiger charge is -2.29. The first-order valence-electron chi connectivity index (χ1n) is 7.85. The lowest BCUT2D eigenvalue weighted by Crippen LogP contribution is -2.29. The summed E-state index contributed by atoms with van der Waals surface area (Å²) in [6.07, 6.45) is 1.48. The minimum Gasteiger partial charge on any atom is -0.458 e. The smallest absolute Gasteiger partial charge is 0.337 e. The molecular weight excluding hydrogens is 350 g/mol. The van der Waals surface area contributed by atoms with E-state index in [1.165, 1.54) is 6.08 Å². The monoisotopic (exact) mass is 369 g/mol. The van der Waals surface area contributed by atoms with Crippen LogP contribution in [0.25, 0.3) is 0 Å². The number of benzene rings is 1. The molecule has 0 spiro atoms. The highest BCUT2D eigenvalue weighted by atomic mass is 32.2. The van der Waals surface area contributed by atoms with Crippen molar-refractivity contribution in [3.63, 3.8) is 0 Å². The van der Waals surface area contributed by atoms with Crippen molar-refractivity contribution >= 4 is 23.6 Å². The fourth-order valence-corrected chi connectivity index (χ4v) is 3.46. The fraction of sp³-hybridized carbons (Fsp3) is 0.211. The Bertz CT molecular complexity index is 822. The molecule has 1 unspecified atom stereocenters. The topological polar surface area (TPSA) is 105 Å². The van der Waals surface area contributed by atoms with E-state index in [0.29, 0.717) is 21.9 Å². The average Bonchev–Trinajstić information content (AvgIpc) is 2.64. The molecule has 2 rings (SSSR count). The zero-order valence-corrected chi connectivity index (χ0v) is 15.1. The second-order valence-electron chi connectivity index (χ2n) is 5.50. The highest BCUT2D eigenvalue weighted by Gasteiger charge is 2.35. The van der Waals surface area contributed by atoms with E-state index in [1.54, 1.807) is 6.92 Å². The predicted molar refractivity (Wildman–Crippen MR) is 100 cm³/mol. The Hall–Kier alpha value is -2.98. The fourth-order valence-electron chi connectivity index (χ4n) is 2.63. The predicted octanol–water partition coefficient (Wildman–Crippen LogP) is 2.33. The molecule has 7 heteroatoms. The summed E-state index contributed by atoms with van der Waals surface area (Å²) in [5.41, 5.74) is 7.28. The lowest BCUT2D eigenvalue weighted by atomic mass is 9.82. The van der Waals surface area contributed by atoms with E-state index < -0.39 is 17.8 Å². The van der Waals surface area contributed by atoms with Crippen LogP contribution in [0.1, 0.15) is 18.4 Å². The van der Waals surface area contributed by atoms with Crippen molar-refractivity contribution in [1.82, 2.24) is 5.32 Å². The Morgan fingerprint density at radius 2 is 2.12 bits per heavy atom. The van der Waals surface area contributed by atoms with Crippen LogP contribution in [0.15, 0.2) is 64.9 Å². The normalized spacial score (nSPS) is 16.5. The first-order valence-corrected chi connectivity index (χ1v) is 8.84. The van der Waals surface area contributed by atoms with E-state index in [-0.39, 0.29) is 12.4 Å². The number of ether oxygens (including phenoxy) is 1. The summed E-state index contributed by atoms with van der Waals surface area (Å²) in [5, 5.41) is 13.3. The third kappa shape index (κ3) is 4.35. The SMILES string of the molecule is C=CCOC(=O)C1=C(C)NC(SCC(N)=O)=C(C#N)C1c1ccccc1. The van der Waals surface area contributed by atoms with Crippen LogP contribution in [0.3, 0.4) is 0 Å². The molecule has 1 amide bonds.